The average Bonchev–Trinajstić information content (AvgIpc) is 2.47. The second-order valence-corrected chi connectivity index (χ2v) is 5.08. The fourth-order valence-corrected chi connectivity index (χ4v) is 2.44. The molecule has 0 N–H and O–H groups in total. The third-order valence-corrected chi connectivity index (χ3v) is 3.35. The van der Waals surface area contributed by atoms with Crippen LogP contribution in [0.2, 0.25) is 0 Å². The van der Waals surface area contributed by atoms with E-state index in [0.29, 0.717) is 0 Å². The van der Waals surface area contributed by atoms with E-state index in [-0.39, 0.29) is 0 Å². The zero-order valence-corrected chi connectivity index (χ0v) is 11.7. The van der Waals surface area contributed by atoms with Crippen molar-refractivity contribution in [3.63, 3.8) is 0 Å². The highest BCUT2D eigenvalue weighted by atomic mass is 14.9. The molecule has 3 rings (SSSR count). The van der Waals surface area contributed by atoms with E-state index in [1.54, 1.807) is 0 Å². The van der Waals surface area contributed by atoms with E-state index in [2.05, 4.69) is 66.1 Å². The van der Waals surface area contributed by atoms with Crippen LogP contribution in [0.15, 0.2) is 67.3 Å². The van der Waals surface area contributed by atoms with E-state index < -0.39 is 0 Å². The molecule has 20 heavy (non-hydrogen) atoms. The second-order valence-electron chi connectivity index (χ2n) is 5.08. The quantitative estimate of drug-likeness (QED) is 0.643. The lowest BCUT2D eigenvalue weighted by molar-refractivity contribution is -0.595. The second kappa shape index (κ2) is 5.25. The Morgan fingerprint density at radius 3 is 1.90 bits per heavy atom. The minimum atomic E-state index is 1.19. The van der Waals surface area contributed by atoms with Crippen molar-refractivity contribution in [3.8, 4) is 16.8 Å². The zero-order valence-electron chi connectivity index (χ0n) is 11.7. The predicted octanol–water partition coefficient (Wildman–Crippen LogP) is 3.64. The van der Waals surface area contributed by atoms with Gasteiger partial charge in [-0.25, -0.2) is 0 Å². The van der Waals surface area contributed by atoms with Crippen LogP contribution < -0.4 is 4.57 Å². The lowest BCUT2D eigenvalue weighted by Crippen LogP contribution is -2.29. The number of rotatable bonds is 2. The summed E-state index contributed by atoms with van der Waals surface area (Å²) in [6, 6.07) is 14.9. The zero-order chi connectivity index (χ0) is 13.9. The Balaban J connectivity index is 1.97. The molecule has 0 saturated heterocycles. The first kappa shape index (κ1) is 12.5. The molecule has 98 valence electrons. The van der Waals surface area contributed by atoms with Crippen LogP contribution in [0.5, 0.6) is 0 Å². The van der Waals surface area contributed by atoms with Crippen molar-refractivity contribution < 1.29 is 4.57 Å². The molecule has 0 radical (unpaired) electrons. The van der Waals surface area contributed by atoms with Gasteiger partial charge in [-0.15, -0.1) is 0 Å². The van der Waals surface area contributed by atoms with Gasteiger partial charge in [0.05, 0.1) is 0 Å². The first-order chi connectivity index (χ1) is 9.72. The van der Waals surface area contributed by atoms with Gasteiger partial charge in [0.15, 0.2) is 12.4 Å². The van der Waals surface area contributed by atoms with Gasteiger partial charge in [0.25, 0.3) is 0 Å². The Kier molecular flexibility index (Phi) is 3.30. The number of hydrogen-bond acceptors (Lipinski definition) is 1. The Labute approximate surface area is 119 Å². The SMILES string of the molecule is Cc1cc(C)cc(-[n+]2ccc(-c3ccncc3)cc2)c1. The Bertz CT molecular complexity index is 696. The summed E-state index contributed by atoms with van der Waals surface area (Å²) in [5.74, 6) is 0. The largest absolute Gasteiger partial charge is 0.265 e. The van der Waals surface area contributed by atoms with Gasteiger partial charge in [0.2, 0.25) is 5.69 Å². The van der Waals surface area contributed by atoms with E-state index >= 15 is 0 Å². The third-order valence-electron chi connectivity index (χ3n) is 3.35. The number of hydrogen-bond donors (Lipinski definition) is 0. The first-order valence-electron chi connectivity index (χ1n) is 6.73. The summed E-state index contributed by atoms with van der Waals surface area (Å²) >= 11 is 0. The minimum Gasteiger partial charge on any atom is -0.265 e. The summed E-state index contributed by atoms with van der Waals surface area (Å²) in [7, 11) is 0. The Morgan fingerprint density at radius 1 is 0.750 bits per heavy atom. The van der Waals surface area contributed by atoms with Crippen LogP contribution in [-0.2, 0) is 0 Å². The summed E-state index contributed by atoms with van der Waals surface area (Å²) in [5.41, 5.74) is 6.15. The van der Waals surface area contributed by atoms with E-state index in [1.165, 1.54) is 27.9 Å². The molecule has 1 aromatic carbocycles. The van der Waals surface area contributed by atoms with Crippen molar-refractivity contribution in [1.82, 2.24) is 4.98 Å². The first-order valence-corrected chi connectivity index (χ1v) is 6.73. The van der Waals surface area contributed by atoms with Gasteiger partial charge < -0.3 is 0 Å². The van der Waals surface area contributed by atoms with Gasteiger partial charge in [0.1, 0.15) is 0 Å². The predicted molar refractivity (Wildman–Crippen MR) is 80.7 cm³/mol. The standard InChI is InChI=1S/C18H17N2/c1-14-11-15(2)13-18(12-14)20-9-5-17(6-10-20)16-3-7-19-8-4-16/h3-13H,1-2H3/q+1. The van der Waals surface area contributed by atoms with Crippen LogP contribution in [0.25, 0.3) is 16.8 Å². The normalized spacial score (nSPS) is 10.5. The molecular weight excluding hydrogens is 244 g/mol. The number of aryl methyl sites for hydroxylation is 2. The molecule has 0 aliphatic carbocycles. The Morgan fingerprint density at radius 2 is 1.30 bits per heavy atom. The van der Waals surface area contributed by atoms with Gasteiger partial charge in [-0.1, -0.05) is 6.07 Å². The van der Waals surface area contributed by atoms with Crippen LogP contribution in [-0.4, -0.2) is 4.98 Å². The van der Waals surface area contributed by atoms with Gasteiger partial charge in [-0.05, 0) is 48.2 Å². The summed E-state index contributed by atoms with van der Waals surface area (Å²) in [6.07, 6.45) is 7.84. The highest BCUT2D eigenvalue weighted by molar-refractivity contribution is 5.61. The summed E-state index contributed by atoms with van der Waals surface area (Å²) in [6.45, 7) is 4.25. The average molecular weight is 261 g/mol. The van der Waals surface area contributed by atoms with Gasteiger partial charge in [-0.3, -0.25) is 4.98 Å². The topological polar surface area (TPSA) is 16.8 Å². The summed E-state index contributed by atoms with van der Waals surface area (Å²) in [5, 5.41) is 0. The van der Waals surface area contributed by atoms with E-state index in [9.17, 15) is 0 Å². The maximum Gasteiger partial charge on any atom is 0.211 e. The van der Waals surface area contributed by atoms with Crippen molar-refractivity contribution in [1.29, 1.82) is 0 Å². The summed E-state index contributed by atoms with van der Waals surface area (Å²) < 4.78 is 2.14. The molecule has 0 spiro atoms. The lowest BCUT2D eigenvalue weighted by Gasteiger charge is -2.02. The van der Waals surface area contributed by atoms with E-state index in [4.69, 9.17) is 0 Å². The molecule has 0 atom stereocenters. The van der Waals surface area contributed by atoms with E-state index in [1.807, 2.05) is 24.5 Å². The molecular formula is C18H17N2+. The van der Waals surface area contributed by atoms with Crippen molar-refractivity contribution in [2.45, 2.75) is 13.8 Å². The minimum absolute atomic E-state index is 1.19. The van der Waals surface area contributed by atoms with Crippen LogP contribution >= 0.6 is 0 Å². The highest BCUT2D eigenvalue weighted by Crippen LogP contribution is 2.16. The van der Waals surface area contributed by atoms with E-state index in [0.717, 1.165) is 0 Å². The van der Waals surface area contributed by atoms with Crippen molar-refractivity contribution in [2.75, 3.05) is 0 Å². The molecule has 2 heterocycles. The van der Waals surface area contributed by atoms with Gasteiger partial charge >= 0.3 is 0 Å². The van der Waals surface area contributed by atoms with Crippen molar-refractivity contribution >= 4 is 0 Å². The lowest BCUT2D eigenvalue weighted by atomic mass is 10.1. The fourth-order valence-electron chi connectivity index (χ4n) is 2.44. The van der Waals surface area contributed by atoms with Crippen LogP contribution in [0, 0.1) is 13.8 Å². The molecule has 0 unspecified atom stereocenters. The third kappa shape index (κ3) is 2.59. The van der Waals surface area contributed by atoms with Crippen LogP contribution in [0.1, 0.15) is 11.1 Å². The fraction of sp³-hybridized carbons (Fsp3) is 0.111. The monoisotopic (exact) mass is 261 g/mol. The molecule has 0 fully saturated rings. The maximum absolute atomic E-state index is 4.05. The van der Waals surface area contributed by atoms with Crippen LogP contribution in [0.3, 0.4) is 0 Å². The molecule has 2 aromatic heterocycles. The number of aromatic nitrogens is 2. The van der Waals surface area contributed by atoms with Crippen LogP contribution in [0.4, 0.5) is 0 Å². The molecule has 0 bridgehead atoms. The molecule has 2 nitrogen and oxygen atoms in total. The molecule has 3 aromatic rings. The van der Waals surface area contributed by atoms with Crippen molar-refractivity contribution in [3.05, 3.63) is 78.4 Å². The molecule has 2 heteroatoms. The van der Waals surface area contributed by atoms with Crippen molar-refractivity contribution in [2.24, 2.45) is 0 Å². The number of pyridine rings is 2. The maximum atomic E-state index is 4.05. The molecule has 0 amide bonds. The molecule has 0 saturated carbocycles. The molecule has 0 aliphatic heterocycles. The highest BCUT2D eigenvalue weighted by Gasteiger charge is 2.07. The molecule has 0 aliphatic rings. The smallest absolute Gasteiger partial charge is 0.211 e. The number of nitrogens with zero attached hydrogens (tertiary/aromatic N) is 2. The van der Waals surface area contributed by atoms with Gasteiger partial charge in [-0.2, -0.15) is 4.57 Å². The summed E-state index contributed by atoms with van der Waals surface area (Å²) in [4.78, 5) is 4.05. The number of benzene rings is 1. The Hall–Kier alpha value is -2.48. The van der Waals surface area contributed by atoms with Gasteiger partial charge in [0, 0.05) is 36.7 Å².